The lowest BCUT2D eigenvalue weighted by atomic mass is 10.0. The molecule has 7 heteroatoms. The number of rotatable bonds is 4. The third-order valence-corrected chi connectivity index (χ3v) is 4.83. The largest absolute Gasteiger partial charge is 0.460 e. The number of fused-ring (bicyclic) bond motifs is 2. The topological polar surface area (TPSA) is 89.0 Å². The van der Waals surface area contributed by atoms with E-state index in [0.717, 1.165) is 48.2 Å². The molecule has 0 bridgehead atoms. The van der Waals surface area contributed by atoms with Crippen molar-refractivity contribution in [1.82, 2.24) is 4.90 Å². The molecule has 0 saturated carbocycles. The van der Waals surface area contributed by atoms with E-state index in [-0.39, 0.29) is 10.6 Å². The molecule has 1 aliphatic rings. The summed E-state index contributed by atoms with van der Waals surface area (Å²) >= 11 is 0. The monoisotopic (exact) mass is 351 g/mol. The highest BCUT2D eigenvalue weighted by molar-refractivity contribution is 5.81. The van der Waals surface area contributed by atoms with Crippen molar-refractivity contribution in [3.8, 4) is 0 Å². The Morgan fingerprint density at radius 1 is 1.08 bits per heavy atom. The van der Waals surface area contributed by atoms with Crippen LogP contribution in [0.5, 0.6) is 0 Å². The number of hydrogen-bond donors (Lipinski definition) is 0. The van der Waals surface area contributed by atoms with E-state index in [4.69, 9.17) is 4.42 Å². The summed E-state index contributed by atoms with van der Waals surface area (Å²) in [5, 5.41) is 14.8. The lowest BCUT2D eigenvalue weighted by molar-refractivity contribution is -0.384. The first kappa shape index (κ1) is 16.4. The molecule has 1 aliphatic heterocycles. The molecule has 0 N–H and O–H groups in total. The van der Waals surface area contributed by atoms with Crippen LogP contribution in [0, 0.1) is 15.0 Å². The van der Waals surface area contributed by atoms with Gasteiger partial charge in [-0.1, -0.05) is 6.07 Å². The Morgan fingerprint density at radius 2 is 1.88 bits per heavy atom. The molecule has 0 fully saturated rings. The van der Waals surface area contributed by atoms with E-state index >= 15 is 0 Å². The second-order valence-electron chi connectivity index (χ2n) is 6.51. The molecule has 0 saturated heterocycles. The van der Waals surface area contributed by atoms with Crippen molar-refractivity contribution in [2.75, 3.05) is 13.1 Å². The fourth-order valence-electron chi connectivity index (χ4n) is 3.47. The molecule has 0 spiro atoms. The van der Waals surface area contributed by atoms with Crippen LogP contribution in [0.2, 0.25) is 0 Å². The van der Waals surface area contributed by atoms with Gasteiger partial charge in [0.1, 0.15) is 17.0 Å². The van der Waals surface area contributed by atoms with E-state index in [1.165, 1.54) is 5.56 Å². The molecule has 4 rings (SSSR count). The average Bonchev–Trinajstić information content (AvgIpc) is 2.94. The molecule has 132 valence electrons. The summed E-state index contributed by atoms with van der Waals surface area (Å²) < 4.78 is 5.86. The van der Waals surface area contributed by atoms with Gasteiger partial charge in [-0.25, -0.2) is 0 Å². The first-order valence-corrected chi connectivity index (χ1v) is 8.47. The van der Waals surface area contributed by atoms with Gasteiger partial charge in [0.15, 0.2) is 0 Å². The Labute approximate surface area is 149 Å². The van der Waals surface area contributed by atoms with Crippen molar-refractivity contribution in [1.29, 1.82) is 0 Å². The predicted molar refractivity (Wildman–Crippen MR) is 97.5 cm³/mol. The molecule has 0 aliphatic carbocycles. The van der Waals surface area contributed by atoms with E-state index in [1.54, 1.807) is 30.3 Å². The van der Waals surface area contributed by atoms with Gasteiger partial charge in [-0.05, 0) is 53.4 Å². The van der Waals surface area contributed by atoms with Gasteiger partial charge in [-0.2, -0.15) is 0 Å². The zero-order valence-electron chi connectivity index (χ0n) is 14.1. The van der Waals surface area contributed by atoms with Crippen molar-refractivity contribution < 1.29 is 9.34 Å². The second kappa shape index (κ2) is 6.68. The molecule has 0 unspecified atom stereocenters. The smallest absolute Gasteiger partial charge is 0.269 e. The van der Waals surface area contributed by atoms with Gasteiger partial charge in [0, 0.05) is 30.6 Å². The first-order valence-electron chi connectivity index (χ1n) is 8.47. The lowest BCUT2D eigenvalue weighted by Gasteiger charge is -2.17. The Hall–Kier alpha value is -3.06. The van der Waals surface area contributed by atoms with Gasteiger partial charge < -0.3 is 4.42 Å². The minimum absolute atomic E-state index is 0.147. The summed E-state index contributed by atoms with van der Waals surface area (Å²) in [7, 11) is 0. The third-order valence-electron chi connectivity index (χ3n) is 4.83. The van der Waals surface area contributed by atoms with Crippen LogP contribution in [0.25, 0.3) is 11.0 Å². The number of hydrogen-bond acceptors (Lipinski definition) is 6. The van der Waals surface area contributed by atoms with Gasteiger partial charge in [0.2, 0.25) is 0 Å². The highest BCUT2D eigenvalue weighted by Crippen LogP contribution is 2.26. The molecule has 7 nitrogen and oxygen atoms in total. The summed E-state index contributed by atoms with van der Waals surface area (Å²) in [5.74, 6) is 0.833. The Bertz CT molecular complexity index is 996. The number of nitro benzene ring substituents is 1. The predicted octanol–water partition coefficient (Wildman–Crippen LogP) is 4.34. The van der Waals surface area contributed by atoms with Crippen molar-refractivity contribution in [2.24, 2.45) is 5.18 Å². The first-order chi connectivity index (χ1) is 12.6. The summed E-state index contributed by atoms with van der Waals surface area (Å²) in [6.45, 7) is 2.34. The quantitative estimate of drug-likeness (QED) is 0.396. The molecular weight excluding hydrogens is 334 g/mol. The summed E-state index contributed by atoms with van der Waals surface area (Å²) in [6.07, 6.45) is 1.63. The number of nitro groups is 1. The molecule has 2 aromatic carbocycles. The van der Waals surface area contributed by atoms with Gasteiger partial charge in [-0.15, -0.1) is 4.91 Å². The van der Waals surface area contributed by atoms with Crippen LogP contribution in [-0.2, 0) is 19.4 Å². The maximum Gasteiger partial charge on any atom is 0.269 e. The zero-order valence-corrected chi connectivity index (χ0v) is 14.1. The summed E-state index contributed by atoms with van der Waals surface area (Å²) in [6, 6.07) is 12.2. The standard InChI is InChI=1S/C19H17N3O4/c23-20-16-2-4-19-15(9-16)11-18(26-19)12-21-7-5-13-1-3-17(22(24)25)10-14(13)6-8-21/h1-4,9-11H,5-8,12H2. The Balaban J connectivity index is 1.50. The van der Waals surface area contributed by atoms with Crippen molar-refractivity contribution in [2.45, 2.75) is 19.4 Å². The number of furan rings is 1. The van der Waals surface area contributed by atoms with Crippen molar-refractivity contribution in [3.63, 3.8) is 0 Å². The van der Waals surface area contributed by atoms with Gasteiger partial charge in [0.05, 0.1) is 11.5 Å². The van der Waals surface area contributed by atoms with Crippen LogP contribution < -0.4 is 0 Å². The van der Waals surface area contributed by atoms with Crippen LogP contribution in [0.3, 0.4) is 0 Å². The van der Waals surface area contributed by atoms with E-state index in [1.807, 2.05) is 12.1 Å². The van der Waals surface area contributed by atoms with Crippen LogP contribution in [0.1, 0.15) is 16.9 Å². The normalized spacial score (nSPS) is 14.8. The Kier molecular flexibility index (Phi) is 4.22. The van der Waals surface area contributed by atoms with Gasteiger partial charge in [-0.3, -0.25) is 15.0 Å². The lowest BCUT2D eigenvalue weighted by Crippen LogP contribution is -2.25. The van der Waals surface area contributed by atoms with Crippen LogP contribution in [0.4, 0.5) is 11.4 Å². The minimum atomic E-state index is -0.347. The van der Waals surface area contributed by atoms with Gasteiger partial charge >= 0.3 is 0 Å². The van der Waals surface area contributed by atoms with E-state index in [9.17, 15) is 15.0 Å². The van der Waals surface area contributed by atoms with E-state index in [0.29, 0.717) is 12.2 Å². The van der Waals surface area contributed by atoms with Crippen molar-refractivity contribution in [3.05, 3.63) is 74.4 Å². The summed E-state index contributed by atoms with van der Waals surface area (Å²) in [4.78, 5) is 23.6. The highest BCUT2D eigenvalue weighted by atomic mass is 16.6. The minimum Gasteiger partial charge on any atom is -0.460 e. The average molecular weight is 351 g/mol. The second-order valence-corrected chi connectivity index (χ2v) is 6.51. The molecule has 1 aromatic heterocycles. The number of nitroso groups, excluding NO2 is 1. The van der Waals surface area contributed by atoms with E-state index in [2.05, 4.69) is 10.1 Å². The maximum atomic E-state index is 11.0. The molecule has 0 amide bonds. The molecule has 0 radical (unpaired) electrons. The SMILES string of the molecule is O=Nc1ccc2oc(CN3CCc4ccc([N+](=O)[O-])cc4CC3)cc2c1. The number of nitrogens with zero attached hydrogens (tertiary/aromatic N) is 3. The maximum absolute atomic E-state index is 11.0. The van der Waals surface area contributed by atoms with Crippen LogP contribution in [0.15, 0.2) is 52.1 Å². The van der Waals surface area contributed by atoms with Crippen molar-refractivity contribution >= 4 is 22.3 Å². The molecule has 3 aromatic rings. The summed E-state index contributed by atoms with van der Waals surface area (Å²) in [5.41, 5.74) is 3.49. The van der Waals surface area contributed by atoms with Gasteiger partial charge in [0.25, 0.3) is 5.69 Å². The molecule has 26 heavy (non-hydrogen) atoms. The van der Waals surface area contributed by atoms with E-state index < -0.39 is 0 Å². The Morgan fingerprint density at radius 3 is 2.65 bits per heavy atom. The highest BCUT2D eigenvalue weighted by Gasteiger charge is 2.18. The fourth-order valence-corrected chi connectivity index (χ4v) is 3.47. The van der Waals surface area contributed by atoms with Crippen LogP contribution >= 0.6 is 0 Å². The molecule has 0 atom stereocenters. The molecule has 2 heterocycles. The number of benzene rings is 2. The fraction of sp³-hybridized carbons (Fsp3) is 0.263. The number of non-ortho nitro benzene ring substituents is 1. The molecular formula is C19H17N3O4. The van der Waals surface area contributed by atoms with Crippen LogP contribution in [-0.4, -0.2) is 22.9 Å². The zero-order chi connectivity index (χ0) is 18.1. The third kappa shape index (κ3) is 3.21.